The van der Waals surface area contributed by atoms with Gasteiger partial charge in [-0.05, 0) is 40.0 Å². The van der Waals surface area contributed by atoms with E-state index in [1.807, 2.05) is 13.8 Å². The highest BCUT2D eigenvalue weighted by Gasteiger charge is 2.30. The van der Waals surface area contributed by atoms with Gasteiger partial charge in [-0.3, -0.25) is 4.79 Å². The minimum Gasteiger partial charge on any atom is -0.345 e. The van der Waals surface area contributed by atoms with Crippen LogP contribution in [0.5, 0.6) is 0 Å². The molecular formula is C14H24N4O. The fourth-order valence-electron chi connectivity index (χ4n) is 2.90. The van der Waals surface area contributed by atoms with Gasteiger partial charge in [0.25, 0.3) is 5.56 Å². The quantitative estimate of drug-likeness (QED) is 0.899. The summed E-state index contributed by atoms with van der Waals surface area (Å²) < 4.78 is 1.73. The molecule has 0 aromatic carbocycles. The van der Waals surface area contributed by atoms with Gasteiger partial charge in [-0.1, -0.05) is 0 Å². The number of nitrogens with zero attached hydrogens (tertiary/aromatic N) is 3. The third-order valence-corrected chi connectivity index (χ3v) is 3.95. The van der Waals surface area contributed by atoms with E-state index in [0.717, 1.165) is 12.8 Å². The third-order valence-electron chi connectivity index (χ3n) is 3.95. The summed E-state index contributed by atoms with van der Waals surface area (Å²) in [7, 11) is 0. The van der Waals surface area contributed by atoms with Crippen LogP contribution >= 0.6 is 0 Å². The zero-order valence-electron chi connectivity index (χ0n) is 12.0. The van der Waals surface area contributed by atoms with E-state index in [1.165, 1.54) is 6.42 Å². The molecule has 1 aromatic heterocycles. The van der Waals surface area contributed by atoms with Gasteiger partial charge in [0.05, 0.1) is 0 Å². The normalized spacial score (nSPS) is 23.9. The zero-order chi connectivity index (χ0) is 14.0. The molecular weight excluding hydrogens is 240 g/mol. The summed E-state index contributed by atoms with van der Waals surface area (Å²) in [4.78, 5) is 19.0. The highest BCUT2D eigenvalue weighted by Crippen LogP contribution is 2.25. The molecule has 2 atom stereocenters. The summed E-state index contributed by atoms with van der Waals surface area (Å²) in [5.41, 5.74) is 5.85. The Morgan fingerprint density at radius 3 is 2.84 bits per heavy atom. The van der Waals surface area contributed by atoms with Crippen LogP contribution in [0, 0.1) is 0 Å². The molecule has 1 aliphatic heterocycles. The van der Waals surface area contributed by atoms with Gasteiger partial charge in [-0.15, -0.1) is 0 Å². The summed E-state index contributed by atoms with van der Waals surface area (Å²) in [5.74, 6) is 0.554. The lowest BCUT2D eigenvalue weighted by Gasteiger charge is -2.40. The number of hydrogen-bond donors (Lipinski definition) is 1. The molecule has 0 bridgehead atoms. The lowest BCUT2D eigenvalue weighted by molar-refractivity contribution is 0.394. The molecule has 2 unspecified atom stereocenters. The van der Waals surface area contributed by atoms with Crippen LogP contribution in [0.25, 0.3) is 0 Å². The Labute approximate surface area is 114 Å². The van der Waals surface area contributed by atoms with Gasteiger partial charge in [0.2, 0.25) is 0 Å². The molecule has 1 saturated heterocycles. The maximum atomic E-state index is 12.5. The zero-order valence-corrected chi connectivity index (χ0v) is 12.0. The first-order valence-electron chi connectivity index (χ1n) is 7.11. The topological polar surface area (TPSA) is 64.2 Å². The van der Waals surface area contributed by atoms with Crippen molar-refractivity contribution >= 4 is 5.82 Å². The van der Waals surface area contributed by atoms with Crippen molar-refractivity contribution in [2.24, 2.45) is 5.73 Å². The van der Waals surface area contributed by atoms with Crippen molar-refractivity contribution in [1.82, 2.24) is 9.55 Å². The second-order valence-electron chi connectivity index (χ2n) is 5.63. The van der Waals surface area contributed by atoms with Gasteiger partial charge in [0.15, 0.2) is 5.82 Å². The average molecular weight is 264 g/mol. The lowest BCUT2D eigenvalue weighted by Crippen LogP contribution is -2.51. The van der Waals surface area contributed by atoms with Crippen molar-refractivity contribution in [3.63, 3.8) is 0 Å². The van der Waals surface area contributed by atoms with E-state index < -0.39 is 0 Å². The summed E-state index contributed by atoms with van der Waals surface area (Å²) >= 11 is 0. The molecule has 2 N–H and O–H groups in total. The predicted octanol–water partition coefficient (Wildman–Crippen LogP) is 1.53. The Morgan fingerprint density at radius 2 is 2.21 bits per heavy atom. The highest BCUT2D eigenvalue weighted by molar-refractivity contribution is 5.39. The summed E-state index contributed by atoms with van der Waals surface area (Å²) in [5, 5.41) is 0. The number of nitrogens with two attached hydrogens (primary N) is 1. The fourth-order valence-corrected chi connectivity index (χ4v) is 2.90. The SMILES string of the molecule is CC1CCCC(CN)N1c1nccn(C(C)C)c1=O. The van der Waals surface area contributed by atoms with E-state index in [9.17, 15) is 4.79 Å². The van der Waals surface area contributed by atoms with Gasteiger partial charge in [0.1, 0.15) is 0 Å². The molecule has 1 aliphatic rings. The maximum Gasteiger partial charge on any atom is 0.293 e. The molecule has 1 fully saturated rings. The van der Waals surface area contributed by atoms with Crippen LogP contribution in [-0.2, 0) is 0 Å². The first-order valence-corrected chi connectivity index (χ1v) is 7.11. The number of anilines is 1. The Morgan fingerprint density at radius 1 is 1.47 bits per heavy atom. The molecule has 5 heteroatoms. The van der Waals surface area contributed by atoms with Crippen molar-refractivity contribution in [1.29, 1.82) is 0 Å². The largest absolute Gasteiger partial charge is 0.345 e. The van der Waals surface area contributed by atoms with E-state index in [-0.39, 0.29) is 17.6 Å². The first kappa shape index (κ1) is 14.1. The second kappa shape index (κ2) is 5.74. The molecule has 1 aromatic rings. The van der Waals surface area contributed by atoms with Crippen molar-refractivity contribution in [2.75, 3.05) is 11.4 Å². The van der Waals surface area contributed by atoms with Crippen molar-refractivity contribution in [3.8, 4) is 0 Å². The first-order chi connectivity index (χ1) is 9.06. The van der Waals surface area contributed by atoms with E-state index in [2.05, 4.69) is 16.8 Å². The Bertz CT molecular complexity index is 483. The Balaban J connectivity index is 2.44. The highest BCUT2D eigenvalue weighted by atomic mass is 16.1. The second-order valence-corrected chi connectivity index (χ2v) is 5.63. The molecule has 0 amide bonds. The summed E-state index contributed by atoms with van der Waals surface area (Å²) in [6, 6.07) is 0.697. The molecule has 5 nitrogen and oxygen atoms in total. The minimum absolute atomic E-state index is 0.00954. The van der Waals surface area contributed by atoms with E-state index in [0.29, 0.717) is 18.4 Å². The Kier molecular flexibility index (Phi) is 4.24. The van der Waals surface area contributed by atoms with Crippen LogP contribution in [0.4, 0.5) is 5.82 Å². The van der Waals surface area contributed by atoms with Crippen LogP contribution in [-0.4, -0.2) is 28.2 Å². The van der Waals surface area contributed by atoms with Gasteiger partial charge < -0.3 is 15.2 Å². The summed E-state index contributed by atoms with van der Waals surface area (Å²) in [6.07, 6.45) is 6.77. The van der Waals surface area contributed by atoms with E-state index >= 15 is 0 Å². The van der Waals surface area contributed by atoms with Crippen LogP contribution < -0.4 is 16.2 Å². The van der Waals surface area contributed by atoms with Gasteiger partial charge >= 0.3 is 0 Å². The smallest absolute Gasteiger partial charge is 0.293 e. The molecule has 0 aliphatic carbocycles. The standard InChI is InChI=1S/C14H24N4O/c1-10(2)17-8-7-16-13(14(17)19)18-11(3)5-4-6-12(18)9-15/h7-8,10-12H,4-6,9,15H2,1-3H3. The molecule has 0 saturated carbocycles. The van der Waals surface area contributed by atoms with Gasteiger partial charge in [-0.25, -0.2) is 4.98 Å². The third kappa shape index (κ3) is 2.66. The molecule has 106 valence electrons. The number of hydrogen-bond acceptors (Lipinski definition) is 4. The van der Waals surface area contributed by atoms with E-state index in [1.54, 1.807) is 17.0 Å². The number of rotatable bonds is 3. The fraction of sp³-hybridized carbons (Fsp3) is 0.714. The van der Waals surface area contributed by atoms with E-state index in [4.69, 9.17) is 5.73 Å². The predicted molar refractivity (Wildman–Crippen MR) is 77.5 cm³/mol. The molecule has 0 radical (unpaired) electrons. The van der Waals surface area contributed by atoms with Gasteiger partial charge in [0, 0.05) is 37.1 Å². The summed E-state index contributed by atoms with van der Waals surface area (Å²) in [6.45, 7) is 6.73. The molecule has 2 heterocycles. The number of piperidine rings is 1. The monoisotopic (exact) mass is 264 g/mol. The molecule has 19 heavy (non-hydrogen) atoms. The minimum atomic E-state index is -0.00954. The van der Waals surface area contributed by atoms with Crippen molar-refractivity contribution in [3.05, 3.63) is 22.7 Å². The molecule has 0 spiro atoms. The lowest BCUT2D eigenvalue weighted by atomic mass is 9.96. The maximum absolute atomic E-state index is 12.5. The van der Waals surface area contributed by atoms with Crippen LogP contribution in [0.1, 0.15) is 46.1 Å². The van der Waals surface area contributed by atoms with Crippen LogP contribution in [0.2, 0.25) is 0 Å². The van der Waals surface area contributed by atoms with Crippen LogP contribution in [0.3, 0.4) is 0 Å². The molecule has 2 rings (SSSR count). The Hall–Kier alpha value is -1.36. The number of aromatic nitrogens is 2. The van der Waals surface area contributed by atoms with Crippen molar-refractivity contribution in [2.45, 2.75) is 58.2 Å². The van der Waals surface area contributed by atoms with Gasteiger partial charge in [-0.2, -0.15) is 0 Å². The average Bonchev–Trinajstić information content (AvgIpc) is 2.39. The van der Waals surface area contributed by atoms with Crippen LogP contribution in [0.15, 0.2) is 17.2 Å². The van der Waals surface area contributed by atoms with Crippen molar-refractivity contribution < 1.29 is 0 Å².